The van der Waals surface area contributed by atoms with Gasteiger partial charge in [-0.05, 0) is 48.1 Å². The van der Waals surface area contributed by atoms with Crippen LogP contribution in [0.2, 0.25) is 5.15 Å². The third-order valence-corrected chi connectivity index (χ3v) is 6.91. The molecule has 12 nitrogen and oxygen atoms in total. The van der Waals surface area contributed by atoms with E-state index in [-0.39, 0.29) is 13.0 Å². The lowest BCUT2D eigenvalue weighted by atomic mass is 9.98. The summed E-state index contributed by atoms with van der Waals surface area (Å²) in [5.41, 5.74) is 4.53. The summed E-state index contributed by atoms with van der Waals surface area (Å²) in [5, 5.41) is 24.3. The number of unbranched alkanes of at least 4 members (excludes halogenated alkanes) is 1. The molecule has 2 aromatic carbocycles. The molecule has 0 aliphatic rings. The second kappa shape index (κ2) is 14.4. The molecule has 1 N–H and O–H groups in total. The average molecular weight is 582 g/mol. The largest absolute Gasteiger partial charge is 0.459 e. The van der Waals surface area contributed by atoms with Crippen molar-refractivity contribution in [1.82, 2.24) is 30.2 Å². The van der Waals surface area contributed by atoms with Gasteiger partial charge in [-0.3, -0.25) is 4.79 Å². The van der Waals surface area contributed by atoms with Gasteiger partial charge in [-0.25, -0.2) is 4.98 Å². The first-order valence-corrected chi connectivity index (χ1v) is 13.9. The zero-order valence-corrected chi connectivity index (χ0v) is 23.7. The molecule has 0 amide bonds. The number of benzene rings is 2. The van der Waals surface area contributed by atoms with Gasteiger partial charge in [-0.15, -0.1) is 20.3 Å². The number of imidazole rings is 1. The minimum Gasteiger partial charge on any atom is -0.459 e. The number of esters is 1. The number of rotatable bonds is 15. The van der Waals surface area contributed by atoms with E-state index in [1.807, 2.05) is 53.1 Å². The van der Waals surface area contributed by atoms with Gasteiger partial charge in [0.05, 0.1) is 5.69 Å². The molecule has 0 aliphatic carbocycles. The summed E-state index contributed by atoms with van der Waals surface area (Å²) in [6.45, 7) is 4.19. The van der Waals surface area contributed by atoms with E-state index in [1.165, 1.54) is 0 Å². The summed E-state index contributed by atoms with van der Waals surface area (Å²) in [5.74, 6) is 0.943. The first-order chi connectivity index (χ1) is 19.9. The highest BCUT2D eigenvalue weighted by Crippen LogP contribution is 2.30. The molecular weight excluding hydrogens is 550 g/mol. The SMILES string of the molecule is CCCCc1nc(Cl)c(COC(=O)CCC[C@H](C)O[N+](=O)[O-])n1Cc1ccc(-c2ccccc2-c2nn[nH]n2)cc1. The lowest BCUT2D eigenvalue weighted by Crippen LogP contribution is -2.15. The molecule has 0 radical (unpaired) electrons. The molecule has 2 heterocycles. The molecule has 4 aromatic rings. The van der Waals surface area contributed by atoms with Crippen molar-refractivity contribution in [1.29, 1.82) is 0 Å². The summed E-state index contributed by atoms with van der Waals surface area (Å²) >= 11 is 6.52. The quantitative estimate of drug-likeness (QED) is 0.108. The van der Waals surface area contributed by atoms with Crippen LogP contribution in [0.3, 0.4) is 0 Å². The number of halogens is 1. The fourth-order valence-electron chi connectivity index (χ4n) is 4.49. The second-order valence-electron chi connectivity index (χ2n) is 9.63. The third kappa shape index (κ3) is 8.10. The Kier molecular flexibility index (Phi) is 10.4. The Morgan fingerprint density at radius 1 is 1.15 bits per heavy atom. The van der Waals surface area contributed by atoms with E-state index < -0.39 is 17.2 Å². The van der Waals surface area contributed by atoms with Gasteiger partial charge in [0, 0.05) is 24.9 Å². The Labute approximate surface area is 242 Å². The molecule has 2 aromatic heterocycles. The van der Waals surface area contributed by atoms with Crippen molar-refractivity contribution in [2.24, 2.45) is 0 Å². The number of aromatic nitrogens is 6. The smallest absolute Gasteiger partial charge is 0.306 e. The number of ether oxygens (including phenoxy) is 1. The molecule has 0 bridgehead atoms. The molecule has 0 saturated heterocycles. The first-order valence-electron chi connectivity index (χ1n) is 13.5. The Morgan fingerprint density at radius 3 is 2.59 bits per heavy atom. The first kappa shape index (κ1) is 29.7. The van der Waals surface area contributed by atoms with E-state index in [4.69, 9.17) is 16.3 Å². The van der Waals surface area contributed by atoms with Crippen LogP contribution in [0.15, 0.2) is 48.5 Å². The maximum absolute atomic E-state index is 12.4. The summed E-state index contributed by atoms with van der Waals surface area (Å²) in [6, 6.07) is 16.0. The Bertz CT molecular complexity index is 1440. The maximum atomic E-state index is 12.4. The number of aromatic amines is 1. The van der Waals surface area contributed by atoms with Crippen LogP contribution in [0.4, 0.5) is 0 Å². The Morgan fingerprint density at radius 2 is 1.90 bits per heavy atom. The highest BCUT2D eigenvalue weighted by atomic mass is 35.5. The Hall–Kier alpha value is -4.32. The van der Waals surface area contributed by atoms with Crippen molar-refractivity contribution >= 4 is 17.6 Å². The van der Waals surface area contributed by atoms with Crippen LogP contribution in [0.1, 0.15) is 63.0 Å². The Balaban J connectivity index is 1.46. The minimum absolute atomic E-state index is 0.0199. The number of nitrogens with zero attached hydrogens (tertiary/aromatic N) is 6. The predicted octanol–water partition coefficient (Wildman–Crippen LogP) is 5.58. The van der Waals surface area contributed by atoms with Gasteiger partial charge in [0.15, 0.2) is 5.15 Å². The third-order valence-electron chi connectivity index (χ3n) is 6.60. The lowest BCUT2D eigenvalue weighted by molar-refractivity contribution is -0.767. The fraction of sp³-hybridized carbons (Fsp3) is 0.393. The average Bonchev–Trinajstić information content (AvgIpc) is 3.59. The molecule has 0 fully saturated rings. The maximum Gasteiger partial charge on any atom is 0.306 e. The van der Waals surface area contributed by atoms with E-state index in [0.717, 1.165) is 47.3 Å². The molecule has 0 unspecified atom stereocenters. The van der Waals surface area contributed by atoms with Crippen molar-refractivity contribution in [2.75, 3.05) is 0 Å². The fourth-order valence-corrected chi connectivity index (χ4v) is 4.74. The summed E-state index contributed by atoms with van der Waals surface area (Å²) < 4.78 is 7.53. The van der Waals surface area contributed by atoms with Gasteiger partial charge in [0.25, 0.3) is 5.09 Å². The van der Waals surface area contributed by atoms with Gasteiger partial charge in [0.2, 0.25) is 5.82 Å². The van der Waals surface area contributed by atoms with E-state index >= 15 is 0 Å². The van der Waals surface area contributed by atoms with Gasteiger partial charge in [-0.1, -0.05) is 73.5 Å². The monoisotopic (exact) mass is 581 g/mol. The number of aryl methyl sites for hydroxylation is 1. The topological polar surface area (TPSA) is 151 Å². The summed E-state index contributed by atoms with van der Waals surface area (Å²) in [6.07, 6.45) is 3.00. The lowest BCUT2D eigenvalue weighted by Gasteiger charge is -2.14. The van der Waals surface area contributed by atoms with Crippen LogP contribution in [0.5, 0.6) is 0 Å². The van der Waals surface area contributed by atoms with E-state index in [2.05, 4.69) is 37.4 Å². The van der Waals surface area contributed by atoms with Crippen molar-refractivity contribution in [2.45, 2.75) is 71.6 Å². The van der Waals surface area contributed by atoms with Crippen molar-refractivity contribution in [3.63, 3.8) is 0 Å². The molecule has 216 valence electrons. The minimum atomic E-state index is -0.828. The van der Waals surface area contributed by atoms with E-state index in [1.54, 1.807) is 6.92 Å². The standard InChI is InChI=1S/C28H32ClN7O5/c1-3-4-11-25-30-27(29)24(18-40-26(37)12-7-8-19(2)41-36(38)39)35(25)17-20-13-15-21(16-14-20)22-9-5-6-10-23(22)28-31-33-34-32-28/h5-6,9-10,13-16,19H,3-4,7-8,11-12,17-18H2,1-2H3,(H,31,32,33,34)/t19-/m0/s1. The van der Waals surface area contributed by atoms with Crippen LogP contribution in [0.25, 0.3) is 22.5 Å². The van der Waals surface area contributed by atoms with Crippen LogP contribution in [-0.4, -0.2) is 47.3 Å². The van der Waals surface area contributed by atoms with E-state index in [0.29, 0.717) is 36.1 Å². The highest BCUT2D eigenvalue weighted by Gasteiger charge is 2.19. The van der Waals surface area contributed by atoms with Crippen molar-refractivity contribution in [3.05, 3.63) is 80.9 Å². The number of nitrogens with one attached hydrogen (secondary N) is 1. The van der Waals surface area contributed by atoms with Gasteiger partial charge in [-0.2, -0.15) is 5.21 Å². The molecular formula is C28H32ClN7O5. The molecule has 0 spiro atoms. The normalized spacial score (nSPS) is 11.8. The van der Waals surface area contributed by atoms with Crippen LogP contribution >= 0.6 is 11.6 Å². The summed E-state index contributed by atoms with van der Waals surface area (Å²) in [4.78, 5) is 31.9. The molecule has 0 aliphatic heterocycles. The second-order valence-corrected chi connectivity index (χ2v) is 9.98. The van der Waals surface area contributed by atoms with Gasteiger partial charge in [0.1, 0.15) is 18.5 Å². The number of carbonyl (C=O) groups excluding carboxylic acids is 1. The molecule has 0 saturated carbocycles. The van der Waals surface area contributed by atoms with Crippen molar-refractivity contribution < 1.29 is 19.5 Å². The predicted molar refractivity (Wildman–Crippen MR) is 151 cm³/mol. The summed E-state index contributed by atoms with van der Waals surface area (Å²) in [7, 11) is 0. The van der Waals surface area contributed by atoms with Gasteiger partial charge >= 0.3 is 5.97 Å². The van der Waals surface area contributed by atoms with Crippen molar-refractivity contribution in [3.8, 4) is 22.5 Å². The number of carbonyl (C=O) groups is 1. The van der Waals surface area contributed by atoms with E-state index in [9.17, 15) is 14.9 Å². The van der Waals surface area contributed by atoms with Crippen LogP contribution < -0.4 is 0 Å². The molecule has 13 heteroatoms. The van der Waals surface area contributed by atoms with Crippen LogP contribution in [0, 0.1) is 10.1 Å². The molecule has 4 rings (SSSR count). The van der Waals surface area contributed by atoms with Crippen LogP contribution in [-0.2, 0) is 33.9 Å². The number of hydrogen-bond donors (Lipinski definition) is 1. The molecule has 1 atom stereocenters. The number of H-pyrrole nitrogens is 1. The van der Waals surface area contributed by atoms with Gasteiger partial charge < -0.3 is 14.1 Å². The number of hydrogen-bond acceptors (Lipinski definition) is 9. The highest BCUT2D eigenvalue weighted by molar-refractivity contribution is 6.30. The zero-order chi connectivity index (χ0) is 29.2. The molecule has 41 heavy (non-hydrogen) atoms. The number of tetrazole rings is 1. The zero-order valence-electron chi connectivity index (χ0n) is 23.0.